The zero-order valence-corrected chi connectivity index (χ0v) is 10.9. The number of carbonyl (C=O) groups excluding carboxylic acids is 1. The average Bonchev–Trinajstić information content (AvgIpc) is 3.00. The number of nitrogens with two attached hydrogens (primary N) is 1. The number of likely N-dealkylation sites (N-methyl/N-ethyl adjacent to an activating group) is 1. The minimum Gasteiger partial charge on any atom is -0.352 e. The molecule has 0 aliphatic heterocycles. The van der Waals surface area contributed by atoms with Gasteiger partial charge in [-0.1, -0.05) is 19.8 Å². The van der Waals surface area contributed by atoms with Crippen LogP contribution in [0.4, 0.5) is 0 Å². The molecule has 1 amide bonds. The van der Waals surface area contributed by atoms with Crippen molar-refractivity contribution in [2.75, 3.05) is 19.6 Å². The number of nitrogens with one attached hydrogen (secondary N) is 1. The maximum absolute atomic E-state index is 11.9. The number of hydrogen-bond donors (Lipinski definition) is 2. The van der Waals surface area contributed by atoms with Crippen LogP contribution in [0, 0.1) is 0 Å². The number of amides is 1. The van der Waals surface area contributed by atoms with Crippen LogP contribution in [0.1, 0.15) is 45.4 Å². The van der Waals surface area contributed by atoms with Crippen LogP contribution in [-0.2, 0) is 4.79 Å². The van der Waals surface area contributed by atoms with E-state index in [9.17, 15) is 4.79 Å². The van der Waals surface area contributed by atoms with Gasteiger partial charge >= 0.3 is 0 Å². The maximum Gasteiger partial charge on any atom is 0.234 e. The Labute approximate surface area is 104 Å². The smallest absolute Gasteiger partial charge is 0.234 e. The van der Waals surface area contributed by atoms with E-state index in [4.69, 9.17) is 5.73 Å². The van der Waals surface area contributed by atoms with E-state index in [1.54, 1.807) is 0 Å². The summed E-state index contributed by atoms with van der Waals surface area (Å²) >= 11 is 0. The molecule has 2 rings (SSSR count). The SMILES string of the molecule is CCN(CC(=O)NC1CC1)C1(CN)CCCC1. The van der Waals surface area contributed by atoms with Gasteiger partial charge in [-0.05, 0) is 32.2 Å². The number of rotatable bonds is 6. The van der Waals surface area contributed by atoms with Gasteiger partial charge in [-0.3, -0.25) is 9.69 Å². The van der Waals surface area contributed by atoms with E-state index in [0.29, 0.717) is 19.1 Å². The normalized spacial score (nSPS) is 23.0. The summed E-state index contributed by atoms with van der Waals surface area (Å²) in [4.78, 5) is 14.2. The van der Waals surface area contributed by atoms with E-state index >= 15 is 0 Å². The quantitative estimate of drug-likeness (QED) is 0.723. The van der Waals surface area contributed by atoms with Crippen molar-refractivity contribution in [3.63, 3.8) is 0 Å². The molecule has 0 radical (unpaired) electrons. The first kappa shape index (κ1) is 12.8. The number of hydrogen-bond acceptors (Lipinski definition) is 3. The van der Waals surface area contributed by atoms with E-state index in [0.717, 1.165) is 32.2 Å². The summed E-state index contributed by atoms with van der Waals surface area (Å²) in [5.41, 5.74) is 6.05. The molecule has 0 heterocycles. The van der Waals surface area contributed by atoms with Crippen LogP contribution >= 0.6 is 0 Å². The van der Waals surface area contributed by atoms with Crippen LogP contribution in [0.3, 0.4) is 0 Å². The lowest BCUT2D eigenvalue weighted by atomic mass is 9.95. The Kier molecular flexibility index (Phi) is 4.05. The van der Waals surface area contributed by atoms with Gasteiger partial charge in [0, 0.05) is 18.1 Å². The van der Waals surface area contributed by atoms with Gasteiger partial charge in [-0.15, -0.1) is 0 Å². The summed E-state index contributed by atoms with van der Waals surface area (Å²) in [7, 11) is 0. The van der Waals surface area contributed by atoms with Gasteiger partial charge in [0.05, 0.1) is 6.54 Å². The molecule has 2 fully saturated rings. The van der Waals surface area contributed by atoms with Crippen molar-refractivity contribution in [2.24, 2.45) is 5.73 Å². The second kappa shape index (κ2) is 5.36. The fourth-order valence-electron chi connectivity index (χ4n) is 2.97. The first-order valence-electron chi connectivity index (χ1n) is 6.94. The predicted octanol–water partition coefficient (Wildman–Crippen LogP) is 0.858. The average molecular weight is 239 g/mol. The van der Waals surface area contributed by atoms with Crippen LogP contribution in [0.5, 0.6) is 0 Å². The molecule has 0 aromatic rings. The van der Waals surface area contributed by atoms with Gasteiger partial charge in [0.25, 0.3) is 0 Å². The van der Waals surface area contributed by atoms with Gasteiger partial charge < -0.3 is 11.1 Å². The topological polar surface area (TPSA) is 58.4 Å². The third-order valence-electron chi connectivity index (χ3n) is 4.24. The van der Waals surface area contributed by atoms with Crippen molar-refractivity contribution >= 4 is 5.91 Å². The third-order valence-corrected chi connectivity index (χ3v) is 4.24. The Morgan fingerprint density at radius 1 is 1.41 bits per heavy atom. The standard InChI is InChI=1S/C13H25N3O/c1-2-16(9-12(17)15-11-5-6-11)13(10-14)7-3-4-8-13/h11H,2-10,14H2,1H3,(H,15,17). The predicted molar refractivity (Wildman–Crippen MR) is 68.7 cm³/mol. The molecule has 0 unspecified atom stereocenters. The largest absolute Gasteiger partial charge is 0.352 e. The molecule has 98 valence electrons. The highest BCUT2D eigenvalue weighted by Gasteiger charge is 2.38. The van der Waals surface area contributed by atoms with E-state index in [2.05, 4.69) is 17.1 Å². The van der Waals surface area contributed by atoms with Crippen molar-refractivity contribution in [1.29, 1.82) is 0 Å². The molecule has 0 spiro atoms. The van der Waals surface area contributed by atoms with Crippen molar-refractivity contribution in [2.45, 2.75) is 57.0 Å². The molecule has 2 aliphatic carbocycles. The second-order valence-corrected chi connectivity index (χ2v) is 5.49. The number of nitrogens with zero attached hydrogens (tertiary/aromatic N) is 1. The molecule has 0 aromatic carbocycles. The molecular formula is C13H25N3O. The van der Waals surface area contributed by atoms with Gasteiger partial charge in [-0.2, -0.15) is 0 Å². The lowest BCUT2D eigenvalue weighted by Gasteiger charge is -2.39. The minimum atomic E-state index is 0.0929. The Balaban J connectivity index is 1.91. The first-order chi connectivity index (χ1) is 8.20. The molecule has 0 saturated heterocycles. The summed E-state index contributed by atoms with van der Waals surface area (Å²) < 4.78 is 0. The van der Waals surface area contributed by atoms with E-state index in [-0.39, 0.29) is 11.4 Å². The summed E-state index contributed by atoms with van der Waals surface area (Å²) in [6.07, 6.45) is 7.10. The highest BCUT2D eigenvalue weighted by molar-refractivity contribution is 5.78. The molecule has 2 saturated carbocycles. The van der Waals surface area contributed by atoms with Crippen molar-refractivity contribution in [3.05, 3.63) is 0 Å². The summed E-state index contributed by atoms with van der Waals surface area (Å²) in [5, 5.41) is 3.06. The Bertz CT molecular complexity index is 270. The Hall–Kier alpha value is -0.610. The van der Waals surface area contributed by atoms with Gasteiger partial charge in [0.15, 0.2) is 0 Å². The van der Waals surface area contributed by atoms with Crippen LogP contribution < -0.4 is 11.1 Å². The molecule has 4 heteroatoms. The minimum absolute atomic E-state index is 0.0929. The summed E-state index contributed by atoms with van der Waals surface area (Å²) in [6, 6.07) is 0.457. The molecular weight excluding hydrogens is 214 g/mol. The monoisotopic (exact) mass is 239 g/mol. The first-order valence-corrected chi connectivity index (χ1v) is 6.94. The van der Waals surface area contributed by atoms with Gasteiger partial charge in [-0.25, -0.2) is 0 Å². The Morgan fingerprint density at radius 2 is 2.06 bits per heavy atom. The zero-order chi connectivity index (χ0) is 12.3. The Morgan fingerprint density at radius 3 is 2.53 bits per heavy atom. The van der Waals surface area contributed by atoms with Gasteiger partial charge in [0.1, 0.15) is 0 Å². The highest BCUT2D eigenvalue weighted by atomic mass is 16.2. The second-order valence-electron chi connectivity index (χ2n) is 5.49. The molecule has 17 heavy (non-hydrogen) atoms. The molecule has 3 N–H and O–H groups in total. The van der Waals surface area contributed by atoms with Crippen LogP contribution in [0.2, 0.25) is 0 Å². The van der Waals surface area contributed by atoms with Crippen LogP contribution in [-0.4, -0.2) is 42.0 Å². The van der Waals surface area contributed by atoms with E-state index in [1.807, 2.05) is 0 Å². The van der Waals surface area contributed by atoms with Crippen molar-refractivity contribution in [1.82, 2.24) is 10.2 Å². The van der Waals surface area contributed by atoms with Gasteiger partial charge in [0.2, 0.25) is 5.91 Å². The van der Waals surface area contributed by atoms with Crippen molar-refractivity contribution in [3.8, 4) is 0 Å². The number of carbonyl (C=O) groups is 1. The molecule has 0 bridgehead atoms. The fraction of sp³-hybridized carbons (Fsp3) is 0.923. The lowest BCUT2D eigenvalue weighted by Crippen LogP contribution is -2.55. The summed E-state index contributed by atoms with van der Waals surface area (Å²) in [6.45, 7) is 4.23. The molecule has 0 aromatic heterocycles. The van der Waals surface area contributed by atoms with E-state index in [1.165, 1.54) is 12.8 Å². The highest BCUT2D eigenvalue weighted by Crippen LogP contribution is 2.34. The fourth-order valence-corrected chi connectivity index (χ4v) is 2.97. The lowest BCUT2D eigenvalue weighted by molar-refractivity contribution is -0.123. The van der Waals surface area contributed by atoms with E-state index < -0.39 is 0 Å². The summed E-state index contributed by atoms with van der Waals surface area (Å²) in [5.74, 6) is 0.175. The molecule has 4 nitrogen and oxygen atoms in total. The zero-order valence-electron chi connectivity index (χ0n) is 10.9. The maximum atomic E-state index is 11.9. The molecule has 0 atom stereocenters. The van der Waals surface area contributed by atoms with Crippen LogP contribution in [0.25, 0.3) is 0 Å². The van der Waals surface area contributed by atoms with Crippen LogP contribution in [0.15, 0.2) is 0 Å². The molecule has 2 aliphatic rings. The van der Waals surface area contributed by atoms with Crippen molar-refractivity contribution < 1.29 is 4.79 Å². The third kappa shape index (κ3) is 2.99.